The first-order valence-electron chi connectivity index (χ1n) is 26.7. The Balaban J connectivity index is 0.000000183. The van der Waals surface area contributed by atoms with E-state index in [0.29, 0.717) is 67.2 Å². The second-order valence-corrected chi connectivity index (χ2v) is 19.4. The molecule has 0 aliphatic rings. The van der Waals surface area contributed by atoms with Crippen LogP contribution in [0.25, 0.3) is 34.2 Å². The van der Waals surface area contributed by atoms with Crippen molar-refractivity contribution in [2.75, 3.05) is 19.8 Å². The van der Waals surface area contributed by atoms with E-state index < -0.39 is 41.1 Å². The van der Waals surface area contributed by atoms with E-state index in [0.717, 1.165) is 86.5 Å². The molecule has 0 saturated carbocycles. The summed E-state index contributed by atoms with van der Waals surface area (Å²) in [6, 6.07) is 37.8. The van der Waals surface area contributed by atoms with Crippen molar-refractivity contribution in [3.63, 3.8) is 0 Å². The van der Waals surface area contributed by atoms with Crippen LogP contribution in [0.15, 0.2) is 146 Å². The highest BCUT2D eigenvalue weighted by Gasteiger charge is 2.32. The number of hydrogen-bond donors (Lipinski definition) is 1. The zero-order valence-electron chi connectivity index (χ0n) is 47.1. The van der Waals surface area contributed by atoms with Crippen LogP contribution in [0, 0.1) is 0 Å². The van der Waals surface area contributed by atoms with Gasteiger partial charge in [0.2, 0.25) is 0 Å². The molecule has 1 N–H and O–H groups in total. The van der Waals surface area contributed by atoms with E-state index in [1.165, 1.54) is 41.1 Å². The van der Waals surface area contributed by atoms with Gasteiger partial charge in [0, 0.05) is 44.3 Å². The molecule has 9 rings (SSSR count). The molecule has 3 heterocycles. The molecule has 0 radical (unpaired) electrons. The highest BCUT2D eigenvalue weighted by molar-refractivity contribution is 5.77. The topological polar surface area (TPSA) is 165 Å². The maximum Gasteiger partial charge on any atom is 0.416 e. The van der Waals surface area contributed by atoms with Crippen LogP contribution in [0.1, 0.15) is 94.2 Å². The average molecular weight is 1180 g/mol. The molecule has 0 spiro atoms. The Morgan fingerprint density at radius 2 is 0.824 bits per heavy atom. The number of rotatable bonds is 17. The lowest BCUT2D eigenvalue weighted by molar-refractivity contribution is -0.145. The summed E-state index contributed by atoms with van der Waals surface area (Å²) in [5.41, 5.74) is 5.27. The number of hydrogen-bond acceptors (Lipinski definition) is 11. The summed E-state index contributed by atoms with van der Waals surface area (Å²) in [5.74, 6) is 1.74. The Labute approximate surface area is 484 Å². The van der Waals surface area contributed by atoms with E-state index in [1.54, 1.807) is 51.3 Å². The molecule has 1 atom stereocenters. The Kier molecular flexibility index (Phi) is 21.0. The molecule has 14 nitrogen and oxygen atoms in total. The zero-order chi connectivity index (χ0) is 61.6. The third-order valence-corrected chi connectivity index (χ3v) is 13.3. The number of aliphatic hydroxyl groups is 1. The SMILES string of the molecule is CCOC(=O)C(C)c1nc(-c2ccccc2Cc2ccc(C(F)(F)F)cc2)nn1C.CCOC(=O)Cc1nc(-c2ccccc2Cc2ccc(C(F)(F)F)cc2)nn1C.Cn1nc(-c2ccccc2Cc2ccc(C(F)(F)F)cc2)nc1CCO. The summed E-state index contributed by atoms with van der Waals surface area (Å²) in [4.78, 5) is 37.2. The Hall–Kier alpha value is -8.99. The van der Waals surface area contributed by atoms with E-state index in [4.69, 9.17) is 14.6 Å². The van der Waals surface area contributed by atoms with Crippen LogP contribution in [0.5, 0.6) is 0 Å². The smallest absolute Gasteiger partial charge is 0.416 e. The molecular formula is C62H60F9N9O5. The molecule has 6 aromatic carbocycles. The van der Waals surface area contributed by atoms with Gasteiger partial charge in [0.15, 0.2) is 17.5 Å². The molecule has 3 aromatic heterocycles. The van der Waals surface area contributed by atoms with Crippen molar-refractivity contribution in [1.82, 2.24) is 44.3 Å². The fourth-order valence-corrected chi connectivity index (χ4v) is 8.91. The van der Waals surface area contributed by atoms with E-state index >= 15 is 0 Å². The third kappa shape index (κ3) is 17.1. The predicted molar refractivity (Wildman–Crippen MR) is 298 cm³/mol. The lowest BCUT2D eigenvalue weighted by Gasteiger charge is -2.10. The number of esters is 2. The molecule has 9 aromatic rings. The Morgan fingerprint density at radius 1 is 0.482 bits per heavy atom. The van der Waals surface area contributed by atoms with Crippen LogP contribution in [-0.4, -0.2) is 81.2 Å². The maximum absolute atomic E-state index is 12.8. The number of nitrogens with zero attached hydrogens (tertiary/aromatic N) is 9. The highest BCUT2D eigenvalue weighted by atomic mass is 19.4. The number of carbonyl (C=O) groups is 2. The zero-order valence-corrected chi connectivity index (χ0v) is 47.1. The summed E-state index contributed by atoms with van der Waals surface area (Å²) in [6.07, 6.45) is -11.3. The van der Waals surface area contributed by atoms with Crippen LogP contribution in [0.3, 0.4) is 0 Å². The van der Waals surface area contributed by atoms with Crippen LogP contribution >= 0.6 is 0 Å². The molecule has 0 aliphatic carbocycles. The van der Waals surface area contributed by atoms with Gasteiger partial charge in [-0.2, -0.15) is 54.8 Å². The van der Waals surface area contributed by atoms with Gasteiger partial charge in [-0.25, -0.2) is 15.0 Å². The molecule has 1 unspecified atom stereocenters. The van der Waals surface area contributed by atoms with Crippen LogP contribution in [0.2, 0.25) is 0 Å². The minimum absolute atomic E-state index is 0.0123. The van der Waals surface area contributed by atoms with E-state index in [-0.39, 0.29) is 31.6 Å². The van der Waals surface area contributed by atoms with Crippen molar-refractivity contribution >= 4 is 11.9 Å². The molecule has 0 bridgehead atoms. The molecule has 23 heteroatoms. The highest BCUT2D eigenvalue weighted by Crippen LogP contribution is 2.34. The van der Waals surface area contributed by atoms with Gasteiger partial charge in [-0.05, 0) is 110 Å². The molecule has 0 amide bonds. The number of benzene rings is 6. The van der Waals surface area contributed by atoms with Crippen molar-refractivity contribution in [2.24, 2.45) is 21.1 Å². The lowest BCUT2D eigenvalue weighted by atomic mass is 9.98. The molecule has 0 saturated heterocycles. The summed E-state index contributed by atoms with van der Waals surface area (Å²) in [7, 11) is 5.17. The molecule has 0 aliphatic heterocycles. The Morgan fingerprint density at radius 3 is 1.19 bits per heavy atom. The van der Waals surface area contributed by atoms with Crippen LogP contribution in [-0.2, 0) is 90.8 Å². The van der Waals surface area contributed by atoms with E-state index in [9.17, 15) is 49.1 Å². The Bertz CT molecular complexity index is 3670. The van der Waals surface area contributed by atoms with E-state index in [2.05, 4.69) is 30.2 Å². The lowest BCUT2D eigenvalue weighted by Crippen LogP contribution is -2.16. The van der Waals surface area contributed by atoms with Gasteiger partial charge < -0.3 is 14.6 Å². The van der Waals surface area contributed by atoms with Crippen molar-refractivity contribution in [3.05, 3.63) is 213 Å². The molecule has 446 valence electrons. The number of alkyl halides is 9. The minimum Gasteiger partial charge on any atom is -0.466 e. The number of aryl methyl sites for hydroxylation is 3. The van der Waals surface area contributed by atoms with Gasteiger partial charge in [-0.15, -0.1) is 0 Å². The summed E-state index contributed by atoms with van der Waals surface area (Å²) >= 11 is 0. The summed E-state index contributed by atoms with van der Waals surface area (Å²) < 4.78 is 129. The average Bonchev–Trinajstić information content (AvgIpc) is 4.32. The standard InChI is InChI=1S/C22H22F3N3O2.C21H20F3N3O2.C19H18F3N3O/c1-4-30-21(29)14(2)20-26-19(27-28(20)3)18-8-6-5-7-16(18)13-15-9-11-17(12-10-15)22(23,24)25;1-3-29-19(28)13-18-25-20(26-27(18)2)17-7-5-4-6-15(17)12-14-8-10-16(11-9-14)21(22,23)24;1-25-17(10-11-26)23-18(24-25)16-5-3-2-4-14(16)12-13-6-8-15(9-7-13)19(20,21)22/h5-12,14H,4,13H2,1-3H3;4-11H,3,12-13H2,1-2H3;2-9,26H,10-12H2,1H3. The van der Waals surface area contributed by atoms with Crippen molar-refractivity contribution in [2.45, 2.75) is 77.3 Å². The first-order valence-corrected chi connectivity index (χ1v) is 26.7. The number of ether oxygens (including phenoxy) is 2. The molecular weight excluding hydrogens is 1120 g/mol. The minimum atomic E-state index is -4.36. The van der Waals surface area contributed by atoms with Gasteiger partial charge in [0.1, 0.15) is 29.8 Å². The van der Waals surface area contributed by atoms with Crippen molar-refractivity contribution < 1.29 is 63.7 Å². The van der Waals surface area contributed by atoms with Gasteiger partial charge in [-0.1, -0.05) is 109 Å². The van der Waals surface area contributed by atoms with Gasteiger partial charge >= 0.3 is 30.5 Å². The molecule has 0 fully saturated rings. The number of carbonyl (C=O) groups excluding carboxylic acids is 2. The van der Waals surface area contributed by atoms with Crippen molar-refractivity contribution in [1.29, 1.82) is 0 Å². The van der Waals surface area contributed by atoms with Crippen molar-refractivity contribution in [3.8, 4) is 34.2 Å². The summed E-state index contributed by atoms with van der Waals surface area (Å²) in [6.45, 7) is 5.74. The van der Waals surface area contributed by atoms with Crippen LogP contribution < -0.4 is 0 Å². The van der Waals surface area contributed by atoms with Crippen LogP contribution in [0.4, 0.5) is 39.5 Å². The third-order valence-electron chi connectivity index (χ3n) is 13.3. The van der Waals surface area contributed by atoms with Gasteiger partial charge in [0.25, 0.3) is 0 Å². The number of aliphatic hydroxyl groups excluding tert-OH is 1. The second kappa shape index (κ2) is 28.1. The number of halogens is 9. The predicted octanol–water partition coefficient (Wildman–Crippen LogP) is 12.6. The first kappa shape index (κ1) is 63.6. The quantitative estimate of drug-likeness (QED) is 0.0681. The van der Waals surface area contributed by atoms with Gasteiger partial charge in [0.05, 0.1) is 36.5 Å². The summed E-state index contributed by atoms with van der Waals surface area (Å²) in [5, 5.41) is 22.3. The fourth-order valence-electron chi connectivity index (χ4n) is 8.91. The number of aromatic nitrogens is 9. The normalized spacial score (nSPS) is 12.0. The monoisotopic (exact) mass is 1180 g/mol. The van der Waals surface area contributed by atoms with E-state index in [1.807, 2.05) is 72.8 Å². The largest absolute Gasteiger partial charge is 0.466 e. The van der Waals surface area contributed by atoms with Gasteiger partial charge in [-0.3, -0.25) is 23.6 Å². The fraction of sp³-hybridized carbons (Fsp3) is 0.290. The molecule has 85 heavy (non-hydrogen) atoms. The second-order valence-electron chi connectivity index (χ2n) is 19.4. The first-order chi connectivity index (χ1) is 40.4. The maximum atomic E-state index is 12.8.